The van der Waals surface area contributed by atoms with Gasteiger partial charge in [-0.15, -0.1) is 13.2 Å². The van der Waals surface area contributed by atoms with Gasteiger partial charge in [0, 0.05) is 0 Å². The minimum atomic E-state index is -4.89. The molecule has 3 aliphatic rings. The maximum Gasteiger partial charge on any atom is 0.573 e. The second-order valence-electron chi connectivity index (χ2n) is 11.5. The van der Waals surface area contributed by atoms with E-state index in [-0.39, 0.29) is 12.6 Å². The predicted molar refractivity (Wildman–Crippen MR) is 136 cm³/mol. The summed E-state index contributed by atoms with van der Waals surface area (Å²) < 4.78 is 79.5. The van der Waals surface area contributed by atoms with Crippen LogP contribution in [0.25, 0.3) is 0 Å². The Kier molecular flexibility index (Phi) is 12.0. The molecule has 3 fully saturated rings. The van der Waals surface area contributed by atoms with Crippen molar-refractivity contribution in [1.82, 2.24) is 0 Å². The van der Waals surface area contributed by atoms with Crippen LogP contribution in [0.4, 0.5) is 26.3 Å². The lowest BCUT2D eigenvalue weighted by Crippen LogP contribution is -2.25. The van der Waals surface area contributed by atoms with Crippen LogP contribution >= 0.6 is 0 Å². The van der Waals surface area contributed by atoms with Gasteiger partial charge in [-0.2, -0.15) is 0 Å². The summed E-state index contributed by atoms with van der Waals surface area (Å²) in [6.45, 7) is 2.15. The third-order valence-electron chi connectivity index (χ3n) is 8.97. The number of halogens is 6. The van der Waals surface area contributed by atoms with Crippen LogP contribution in [0.15, 0.2) is 18.2 Å². The number of hydrogen-bond acceptors (Lipinski definition) is 1. The Labute approximate surface area is 218 Å². The van der Waals surface area contributed by atoms with Crippen LogP contribution in [0.1, 0.15) is 115 Å². The van der Waals surface area contributed by atoms with Gasteiger partial charge in [0.05, 0.1) is 6.67 Å². The summed E-state index contributed by atoms with van der Waals surface area (Å²) in [4.78, 5) is 0. The molecule has 3 saturated carbocycles. The van der Waals surface area contributed by atoms with Crippen molar-refractivity contribution < 1.29 is 31.1 Å². The van der Waals surface area contributed by atoms with E-state index in [0.29, 0.717) is 30.6 Å². The van der Waals surface area contributed by atoms with Crippen LogP contribution in [-0.4, -0.2) is 19.2 Å². The Bertz CT molecular complexity index is 759. The first kappa shape index (κ1) is 30.1. The molecule has 0 radical (unpaired) electrons. The van der Waals surface area contributed by atoms with Crippen molar-refractivity contribution >= 4 is 0 Å². The Balaban J connectivity index is 0.000000266. The Morgan fingerprint density at radius 2 is 1.32 bits per heavy atom. The minimum absolute atomic E-state index is 0.108. The van der Waals surface area contributed by atoms with Crippen molar-refractivity contribution in [1.29, 1.82) is 0 Å². The molecule has 7 heteroatoms. The summed E-state index contributed by atoms with van der Waals surface area (Å²) in [6, 6.07) is 3.76. The van der Waals surface area contributed by atoms with Gasteiger partial charge in [-0.1, -0.05) is 51.5 Å². The Morgan fingerprint density at radius 3 is 1.81 bits per heavy atom. The van der Waals surface area contributed by atoms with E-state index in [2.05, 4.69) is 11.7 Å². The third-order valence-corrected chi connectivity index (χ3v) is 8.97. The molecule has 4 rings (SSSR count). The fraction of sp³-hybridized carbons (Fsp3) is 0.800. The standard InChI is InChI=1S/C19H23F5O.C11H21F/c20-16-8-5-13(6-9-16)12-1-3-14(4-2-12)15-7-10-18(17(21)11-15)25-19(22,23)24;1-2-3-10-4-6-11(7-5-10)8-9-12/h7,10-14,16H,1-6,8-9H2;10-11H,2-9H2,1H3. The summed E-state index contributed by atoms with van der Waals surface area (Å²) in [5, 5.41) is 0. The second kappa shape index (κ2) is 14.7. The average molecular weight is 535 g/mol. The molecule has 1 nitrogen and oxygen atoms in total. The molecule has 0 bridgehead atoms. The SMILES string of the molecule is CCCC1CCC(CCF)CC1.Fc1cc(C2CCC(C3CCC(F)CC3)CC2)ccc1OC(F)(F)F. The van der Waals surface area contributed by atoms with Crippen molar-refractivity contribution in [3.8, 4) is 5.75 Å². The van der Waals surface area contributed by atoms with Crippen LogP contribution in [0.3, 0.4) is 0 Å². The highest BCUT2D eigenvalue weighted by atomic mass is 19.4. The lowest BCUT2D eigenvalue weighted by molar-refractivity contribution is -0.275. The molecule has 0 N–H and O–H groups in total. The first-order valence-electron chi connectivity index (χ1n) is 14.4. The van der Waals surface area contributed by atoms with Crippen molar-refractivity contribution in [2.75, 3.05) is 6.67 Å². The Hall–Kier alpha value is -1.40. The molecular weight excluding hydrogens is 490 g/mol. The minimum Gasteiger partial charge on any atom is -0.403 e. The summed E-state index contributed by atoms with van der Waals surface area (Å²) in [7, 11) is 0. The normalized spacial score (nSPS) is 30.8. The van der Waals surface area contributed by atoms with Gasteiger partial charge in [0.25, 0.3) is 0 Å². The van der Waals surface area contributed by atoms with Crippen LogP contribution < -0.4 is 4.74 Å². The number of ether oxygens (including phenoxy) is 1. The van der Waals surface area contributed by atoms with Gasteiger partial charge in [-0.25, -0.2) is 8.78 Å². The molecule has 3 aliphatic carbocycles. The maximum absolute atomic E-state index is 13.9. The zero-order chi connectivity index (χ0) is 26.8. The van der Waals surface area contributed by atoms with E-state index >= 15 is 0 Å². The van der Waals surface area contributed by atoms with E-state index in [1.807, 2.05) is 0 Å². The van der Waals surface area contributed by atoms with Crippen LogP contribution in [0.5, 0.6) is 5.75 Å². The molecule has 0 saturated heterocycles. The van der Waals surface area contributed by atoms with Crippen LogP contribution in [0.2, 0.25) is 0 Å². The molecular formula is C30H44F6O. The van der Waals surface area contributed by atoms with E-state index in [9.17, 15) is 26.3 Å². The highest BCUT2D eigenvalue weighted by molar-refractivity contribution is 5.31. The fourth-order valence-electron chi connectivity index (χ4n) is 6.82. The van der Waals surface area contributed by atoms with Crippen molar-refractivity contribution in [2.45, 2.75) is 122 Å². The quantitative estimate of drug-likeness (QED) is 0.316. The summed E-state index contributed by atoms with van der Waals surface area (Å²) in [5.74, 6) is 1.27. The largest absolute Gasteiger partial charge is 0.573 e. The van der Waals surface area contributed by atoms with E-state index in [1.165, 1.54) is 50.7 Å². The highest BCUT2D eigenvalue weighted by Crippen LogP contribution is 2.44. The number of rotatable bonds is 7. The molecule has 0 atom stereocenters. The molecule has 212 valence electrons. The van der Waals surface area contributed by atoms with Gasteiger partial charge in [-0.05, 0) is 105 Å². The average Bonchev–Trinajstić information content (AvgIpc) is 2.87. The zero-order valence-electron chi connectivity index (χ0n) is 22.2. The van der Waals surface area contributed by atoms with Gasteiger partial charge in [0.15, 0.2) is 11.6 Å². The molecule has 1 aromatic carbocycles. The summed E-state index contributed by atoms with van der Waals surface area (Å²) >= 11 is 0. The number of alkyl halides is 5. The summed E-state index contributed by atoms with van der Waals surface area (Å²) in [5.41, 5.74) is 0.734. The van der Waals surface area contributed by atoms with E-state index in [4.69, 9.17) is 0 Å². The van der Waals surface area contributed by atoms with Crippen molar-refractivity contribution in [3.63, 3.8) is 0 Å². The molecule has 1 aromatic rings. The maximum atomic E-state index is 13.9. The van der Waals surface area contributed by atoms with Gasteiger partial charge < -0.3 is 4.74 Å². The fourth-order valence-corrected chi connectivity index (χ4v) is 6.82. The number of benzene rings is 1. The Morgan fingerprint density at radius 1 is 0.784 bits per heavy atom. The molecule has 37 heavy (non-hydrogen) atoms. The lowest BCUT2D eigenvalue weighted by atomic mass is 9.69. The smallest absolute Gasteiger partial charge is 0.403 e. The van der Waals surface area contributed by atoms with Crippen LogP contribution in [-0.2, 0) is 0 Å². The van der Waals surface area contributed by atoms with E-state index in [1.54, 1.807) is 0 Å². The van der Waals surface area contributed by atoms with E-state index in [0.717, 1.165) is 62.5 Å². The monoisotopic (exact) mass is 534 g/mol. The first-order chi connectivity index (χ1) is 17.7. The molecule has 0 spiro atoms. The van der Waals surface area contributed by atoms with Crippen molar-refractivity contribution in [3.05, 3.63) is 29.6 Å². The van der Waals surface area contributed by atoms with Crippen LogP contribution in [0, 0.1) is 29.5 Å². The summed E-state index contributed by atoms with van der Waals surface area (Å²) in [6.07, 6.45) is 10.4. The first-order valence-corrected chi connectivity index (χ1v) is 14.4. The highest BCUT2D eigenvalue weighted by Gasteiger charge is 2.34. The van der Waals surface area contributed by atoms with Gasteiger partial charge >= 0.3 is 6.36 Å². The van der Waals surface area contributed by atoms with E-state index < -0.39 is 24.1 Å². The lowest BCUT2D eigenvalue weighted by Gasteiger charge is -2.36. The molecule has 0 amide bonds. The zero-order valence-corrected chi connectivity index (χ0v) is 22.2. The van der Waals surface area contributed by atoms with Gasteiger partial charge in [0.2, 0.25) is 0 Å². The third kappa shape index (κ3) is 10.0. The van der Waals surface area contributed by atoms with Gasteiger partial charge in [-0.3, -0.25) is 4.39 Å². The molecule has 0 heterocycles. The van der Waals surface area contributed by atoms with Gasteiger partial charge in [0.1, 0.15) is 6.17 Å². The molecule has 0 aromatic heterocycles. The molecule has 0 unspecified atom stereocenters. The number of hydrogen-bond donors (Lipinski definition) is 0. The topological polar surface area (TPSA) is 9.23 Å². The molecule has 0 aliphatic heterocycles. The predicted octanol–water partition coefficient (Wildman–Crippen LogP) is 10.5. The second-order valence-corrected chi connectivity index (χ2v) is 11.5. The van der Waals surface area contributed by atoms with Crippen molar-refractivity contribution in [2.24, 2.45) is 23.7 Å².